The van der Waals surface area contributed by atoms with E-state index in [2.05, 4.69) is 10.3 Å². The second-order valence-corrected chi connectivity index (χ2v) is 8.89. The lowest BCUT2D eigenvalue weighted by Crippen LogP contribution is -2.32. The predicted molar refractivity (Wildman–Crippen MR) is 132 cm³/mol. The molecule has 0 amide bonds. The van der Waals surface area contributed by atoms with Gasteiger partial charge < -0.3 is 19.9 Å². The van der Waals surface area contributed by atoms with Gasteiger partial charge in [-0.05, 0) is 50.2 Å². The maximum absolute atomic E-state index is 12.9. The Bertz CT molecular complexity index is 1400. The van der Waals surface area contributed by atoms with E-state index in [0.717, 1.165) is 11.1 Å². The van der Waals surface area contributed by atoms with Crippen molar-refractivity contribution in [2.45, 2.75) is 38.7 Å². The van der Waals surface area contributed by atoms with Gasteiger partial charge in [-0.25, -0.2) is 14.3 Å². The molecule has 0 saturated carbocycles. The number of carbonyl (C=O) groups excluding carboxylic acids is 2. The average molecular weight is 487 g/mol. The highest BCUT2D eigenvalue weighted by Crippen LogP contribution is 2.34. The van der Waals surface area contributed by atoms with Crippen molar-refractivity contribution in [3.05, 3.63) is 89.0 Å². The summed E-state index contributed by atoms with van der Waals surface area (Å²) in [6.07, 6.45) is -1.71. The quantitative estimate of drug-likeness (QED) is 0.321. The van der Waals surface area contributed by atoms with Crippen molar-refractivity contribution < 1.29 is 23.8 Å². The van der Waals surface area contributed by atoms with E-state index in [0.29, 0.717) is 27.8 Å². The van der Waals surface area contributed by atoms with Crippen LogP contribution >= 0.6 is 0 Å². The number of nitrogens with two attached hydrogens (primary N) is 1. The zero-order chi connectivity index (χ0) is 25.2. The molecule has 0 bridgehead atoms. The van der Waals surface area contributed by atoms with Gasteiger partial charge in [-0.3, -0.25) is 0 Å². The van der Waals surface area contributed by atoms with E-state index in [4.69, 9.17) is 19.9 Å². The van der Waals surface area contributed by atoms with Crippen LogP contribution in [0.3, 0.4) is 0 Å². The van der Waals surface area contributed by atoms with E-state index in [1.54, 1.807) is 47.1 Å². The van der Waals surface area contributed by atoms with E-state index >= 15 is 0 Å². The summed E-state index contributed by atoms with van der Waals surface area (Å²) in [5, 5.41) is 8.39. The van der Waals surface area contributed by atoms with E-state index in [-0.39, 0.29) is 13.0 Å². The number of benzene rings is 3. The topological polar surface area (TPSA) is 119 Å². The molecule has 3 aromatic carbocycles. The Morgan fingerprint density at radius 3 is 2.28 bits per heavy atom. The minimum Gasteiger partial charge on any atom is -0.459 e. The summed E-state index contributed by atoms with van der Waals surface area (Å²) in [7, 11) is 0. The van der Waals surface area contributed by atoms with Crippen LogP contribution in [0.25, 0.3) is 11.0 Å². The van der Waals surface area contributed by atoms with Crippen LogP contribution in [0, 0.1) is 13.8 Å². The summed E-state index contributed by atoms with van der Waals surface area (Å²) < 4.78 is 19.1. The van der Waals surface area contributed by atoms with Crippen LogP contribution in [0.2, 0.25) is 0 Å². The van der Waals surface area contributed by atoms with Crippen molar-refractivity contribution >= 4 is 28.7 Å². The highest BCUT2D eigenvalue weighted by atomic mass is 16.6. The molecule has 1 saturated heterocycles. The molecule has 5 rings (SSSR count). The van der Waals surface area contributed by atoms with Crippen molar-refractivity contribution in [3.63, 3.8) is 0 Å². The van der Waals surface area contributed by atoms with Crippen molar-refractivity contribution in [1.82, 2.24) is 15.0 Å². The average Bonchev–Trinajstić information content (AvgIpc) is 3.48. The van der Waals surface area contributed by atoms with E-state index in [9.17, 15) is 9.59 Å². The largest absolute Gasteiger partial charge is 0.459 e. The van der Waals surface area contributed by atoms with E-state index in [1.807, 2.05) is 38.1 Å². The number of esters is 2. The van der Waals surface area contributed by atoms with Gasteiger partial charge in [-0.15, -0.1) is 5.10 Å². The molecule has 0 unspecified atom stereocenters. The third kappa shape index (κ3) is 4.78. The molecule has 1 aliphatic rings. The second-order valence-electron chi connectivity index (χ2n) is 8.89. The number of nitrogen functional groups attached to an aromatic ring is 1. The molecule has 1 fully saturated rings. The lowest BCUT2D eigenvalue weighted by Gasteiger charge is -2.19. The summed E-state index contributed by atoms with van der Waals surface area (Å²) in [5.41, 5.74) is 10.9. The van der Waals surface area contributed by atoms with Crippen LogP contribution in [0.1, 0.15) is 44.5 Å². The molecule has 184 valence electrons. The van der Waals surface area contributed by atoms with E-state index < -0.39 is 30.4 Å². The van der Waals surface area contributed by atoms with Crippen LogP contribution < -0.4 is 5.73 Å². The molecular weight excluding hydrogens is 460 g/mol. The Kier molecular flexibility index (Phi) is 6.39. The Morgan fingerprint density at radius 2 is 1.61 bits per heavy atom. The number of aromatic nitrogens is 3. The Balaban J connectivity index is 1.36. The molecule has 2 heterocycles. The van der Waals surface area contributed by atoms with Gasteiger partial charge in [-0.2, -0.15) is 0 Å². The molecular formula is C27H26N4O5. The maximum Gasteiger partial charge on any atom is 0.338 e. The number of hydrogen-bond donors (Lipinski definition) is 1. The number of aryl methyl sites for hydroxylation is 2. The summed E-state index contributed by atoms with van der Waals surface area (Å²) in [4.78, 5) is 25.5. The minimum absolute atomic E-state index is 0.100. The highest BCUT2D eigenvalue weighted by molar-refractivity contribution is 5.90. The monoisotopic (exact) mass is 486 g/mol. The van der Waals surface area contributed by atoms with Crippen molar-refractivity contribution in [2.75, 3.05) is 12.3 Å². The SMILES string of the molecule is Cc1ccc(C(=O)OC[C@H]2O[C@@H](n3nnc4cccc(N)c43)C[C@@H]2OC(=O)c2ccc(C)cc2)cc1. The number of carbonyl (C=O) groups is 2. The van der Waals surface area contributed by atoms with Gasteiger partial charge in [0, 0.05) is 6.42 Å². The molecule has 0 spiro atoms. The summed E-state index contributed by atoms with van der Waals surface area (Å²) in [6, 6.07) is 19.6. The lowest BCUT2D eigenvalue weighted by atomic mass is 10.1. The Morgan fingerprint density at radius 1 is 0.972 bits per heavy atom. The van der Waals surface area contributed by atoms with Gasteiger partial charge >= 0.3 is 11.9 Å². The lowest BCUT2D eigenvalue weighted by molar-refractivity contribution is -0.0593. The first-order chi connectivity index (χ1) is 17.4. The second kappa shape index (κ2) is 9.79. The Hall–Kier alpha value is -4.24. The fraction of sp³-hybridized carbons (Fsp3) is 0.259. The summed E-state index contributed by atoms with van der Waals surface area (Å²) >= 11 is 0. The fourth-order valence-corrected chi connectivity index (χ4v) is 4.17. The summed E-state index contributed by atoms with van der Waals surface area (Å²) in [6.45, 7) is 3.78. The summed E-state index contributed by atoms with van der Waals surface area (Å²) in [5.74, 6) is -0.969. The van der Waals surface area contributed by atoms with Crippen molar-refractivity contribution in [1.29, 1.82) is 0 Å². The van der Waals surface area contributed by atoms with Crippen LogP contribution in [-0.4, -0.2) is 45.7 Å². The standard InChI is InChI=1S/C27H26N4O5/c1-16-6-10-18(11-7-16)26(32)34-15-23-22(36-27(33)19-12-8-17(2)9-13-19)14-24(35-23)31-25-20(28)4-3-5-21(25)29-30-31/h3-13,22-24H,14-15,28H2,1-2H3/t22-,23+,24+/m0/s1. The van der Waals surface area contributed by atoms with Gasteiger partial charge in [0.05, 0.1) is 16.8 Å². The molecule has 4 aromatic rings. The number of hydrogen-bond acceptors (Lipinski definition) is 8. The predicted octanol–water partition coefficient (Wildman–Crippen LogP) is 4.00. The van der Waals surface area contributed by atoms with Crippen LogP contribution in [0.4, 0.5) is 5.69 Å². The third-order valence-corrected chi connectivity index (χ3v) is 6.19. The number of rotatable bonds is 6. The first-order valence-corrected chi connectivity index (χ1v) is 11.7. The normalized spacial score (nSPS) is 19.3. The number of fused-ring (bicyclic) bond motifs is 1. The van der Waals surface area contributed by atoms with E-state index in [1.165, 1.54) is 0 Å². The zero-order valence-corrected chi connectivity index (χ0v) is 20.0. The Labute approximate surface area is 207 Å². The number of nitrogens with zero attached hydrogens (tertiary/aromatic N) is 3. The van der Waals surface area contributed by atoms with Crippen molar-refractivity contribution in [3.8, 4) is 0 Å². The smallest absolute Gasteiger partial charge is 0.338 e. The molecule has 0 aliphatic carbocycles. The maximum atomic E-state index is 12.9. The zero-order valence-electron chi connectivity index (χ0n) is 20.0. The molecule has 36 heavy (non-hydrogen) atoms. The van der Waals surface area contributed by atoms with Crippen LogP contribution in [0.15, 0.2) is 66.7 Å². The molecule has 9 heteroatoms. The first kappa shape index (κ1) is 23.5. The van der Waals surface area contributed by atoms with Gasteiger partial charge in [0.25, 0.3) is 0 Å². The van der Waals surface area contributed by atoms with Crippen LogP contribution in [0.5, 0.6) is 0 Å². The number of para-hydroxylation sites is 1. The minimum atomic E-state index is -0.706. The first-order valence-electron chi connectivity index (χ1n) is 11.7. The van der Waals surface area contributed by atoms with Gasteiger partial charge in [0.2, 0.25) is 0 Å². The molecule has 9 nitrogen and oxygen atoms in total. The van der Waals surface area contributed by atoms with Crippen molar-refractivity contribution in [2.24, 2.45) is 0 Å². The molecule has 0 radical (unpaired) electrons. The van der Waals surface area contributed by atoms with Gasteiger partial charge in [0.15, 0.2) is 6.23 Å². The molecule has 2 N–H and O–H groups in total. The van der Waals surface area contributed by atoms with Gasteiger partial charge in [0.1, 0.15) is 29.8 Å². The third-order valence-electron chi connectivity index (χ3n) is 6.19. The van der Waals surface area contributed by atoms with Crippen LogP contribution in [-0.2, 0) is 14.2 Å². The number of ether oxygens (including phenoxy) is 3. The molecule has 3 atom stereocenters. The highest BCUT2D eigenvalue weighted by Gasteiger charge is 2.41. The molecule has 1 aliphatic heterocycles. The van der Waals surface area contributed by atoms with Gasteiger partial charge in [-0.1, -0.05) is 46.7 Å². The fourth-order valence-electron chi connectivity index (χ4n) is 4.17. The molecule has 1 aromatic heterocycles. The number of anilines is 1.